The van der Waals surface area contributed by atoms with Crippen molar-refractivity contribution < 1.29 is 9.84 Å². The predicted molar refractivity (Wildman–Crippen MR) is 107 cm³/mol. The second-order valence-electron chi connectivity index (χ2n) is 8.47. The Balaban J connectivity index is 1.37. The molecule has 0 spiro atoms. The highest BCUT2D eigenvalue weighted by molar-refractivity contribution is 7.16. The number of phenolic OH excluding ortho intramolecular Hbond substituents is 1. The molecule has 2 bridgehead atoms. The summed E-state index contributed by atoms with van der Waals surface area (Å²) in [6.07, 6.45) is 6.96. The molecule has 0 unspecified atom stereocenters. The number of H-pyrrole nitrogens is 1. The highest BCUT2D eigenvalue weighted by atomic mass is 32.1. The van der Waals surface area contributed by atoms with Crippen LogP contribution in [0.15, 0.2) is 30.6 Å². The van der Waals surface area contributed by atoms with E-state index in [-0.39, 0.29) is 22.8 Å². The largest absolute Gasteiger partial charge is 0.507 e. The fourth-order valence-corrected chi connectivity index (χ4v) is 5.01. The van der Waals surface area contributed by atoms with E-state index < -0.39 is 0 Å². The number of aromatic amines is 1. The highest BCUT2D eigenvalue weighted by Gasteiger charge is 2.51. The number of nitrogens with zero attached hydrogens (tertiary/aromatic N) is 3. The van der Waals surface area contributed by atoms with Gasteiger partial charge in [-0.15, -0.1) is 5.10 Å². The standard InChI is InChI=1S/C20H23N5O2S/c1-19-5-6-20(2,21-11-19)8-16(19)27-18-25-24-17(28-18)14-4-3-12(7-15(14)26)13-9-22-23-10-13/h3-4,7,9-10,16,21,26H,5-6,8,11H2,1-2H3,(H,22,23)/t16-,19+,20+/m1/s1. The van der Waals surface area contributed by atoms with E-state index in [0.29, 0.717) is 15.8 Å². The molecule has 1 aliphatic carbocycles. The van der Waals surface area contributed by atoms with Gasteiger partial charge in [0, 0.05) is 35.7 Å². The van der Waals surface area contributed by atoms with Crippen molar-refractivity contribution >= 4 is 11.3 Å². The summed E-state index contributed by atoms with van der Waals surface area (Å²) in [5.74, 6) is 0.168. The minimum atomic E-state index is 0.123. The number of phenols is 1. The molecule has 6 rings (SSSR count). The van der Waals surface area contributed by atoms with Crippen molar-refractivity contribution in [1.82, 2.24) is 25.7 Å². The van der Waals surface area contributed by atoms with Crippen molar-refractivity contribution in [1.29, 1.82) is 0 Å². The highest BCUT2D eigenvalue weighted by Crippen LogP contribution is 2.47. The number of fused-ring (bicyclic) bond motifs is 3. The number of nitrogens with one attached hydrogen (secondary N) is 2. The van der Waals surface area contributed by atoms with Crippen LogP contribution in [0.2, 0.25) is 0 Å². The Morgan fingerprint density at radius 1 is 1.21 bits per heavy atom. The van der Waals surface area contributed by atoms with E-state index in [0.717, 1.165) is 30.5 Å². The summed E-state index contributed by atoms with van der Waals surface area (Å²) in [6.45, 7) is 5.52. The van der Waals surface area contributed by atoms with E-state index in [1.165, 1.54) is 17.8 Å². The first-order valence-electron chi connectivity index (χ1n) is 9.52. The number of piperidine rings is 2. The molecule has 2 aliphatic heterocycles. The quantitative estimate of drug-likeness (QED) is 0.622. The predicted octanol–water partition coefficient (Wildman–Crippen LogP) is 3.60. The van der Waals surface area contributed by atoms with Gasteiger partial charge in [-0.2, -0.15) is 5.10 Å². The van der Waals surface area contributed by atoms with Gasteiger partial charge >= 0.3 is 0 Å². The maximum absolute atomic E-state index is 10.5. The third kappa shape index (κ3) is 2.97. The first-order valence-corrected chi connectivity index (χ1v) is 10.3. The number of hydrogen-bond donors (Lipinski definition) is 3. The summed E-state index contributed by atoms with van der Waals surface area (Å²) in [5.41, 5.74) is 2.74. The van der Waals surface area contributed by atoms with E-state index in [1.54, 1.807) is 18.5 Å². The first kappa shape index (κ1) is 17.6. The van der Waals surface area contributed by atoms with Gasteiger partial charge in [-0.05, 0) is 37.5 Å². The zero-order valence-electron chi connectivity index (χ0n) is 15.9. The normalized spacial score (nSPS) is 29.1. The average Bonchev–Trinajstić information content (AvgIpc) is 3.35. The van der Waals surface area contributed by atoms with Crippen LogP contribution in [-0.4, -0.2) is 43.7 Å². The van der Waals surface area contributed by atoms with Crippen LogP contribution in [0.5, 0.6) is 10.9 Å². The van der Waals surface area contributed by atoms with Crippen molar-refractivity contribution in [2.75, 3.05) is 6.54 Å². The molecule has 0 amide bonds. The molecule has 2 saturated heterocycles. The number of aromatic hydroxyl groups is 1. The molecule has 28 heavy (non-hydrogen) atoms. The first-order chi connectivity index (χ1) is 13.4. The number of ether oxygens (including phenoxy) is 1. The van der Waals surface area contributed by atoms with Crippen molar-refractivity contribution in [2.24, 2.45) is 5.41 Å². The van der Waals surface area contributed by atoms with Crippen LogP contribution >= 0.6 is 11.3 Å². The Morgan fingerprint density at radius 2 is 2.11 bits per heavy atom. The van der Waals surface area contributed by atoms with E-state index in [1.807, 2.05) is 12.1 Å². The summed E-state index contributed by atoms with van der Waals surface area (Å²) in [6, 6.07) is 5.52. The molecular formula is C20H23N5O2S. The number of hydrogen-bond acceptors (Lipinski definition) is 7. The van der Waals surface area contributed by atoms with Gasteiger partial charge in [-0.3, -0.25) is 5.10 Å². The molecule has 2 aromatic heterocycles. The van der Waals surface area contributed by atoms with Crippen LogP contribution in [0.4, 0.5) is 0 Å². The summed E-state index contributed by atoms with van der Waals surface area (Å²) in [7, 11) is 0. The Labute approximate surface area is 167 Å². The van der Waals surface area contributed by atoms with Crippen LogP contribution in [0, 0.1) is 5.41 Å². The third-order valence-corrected chi connectivity index (χ3v) is 7.14. The molecule has 1 saturated carbocycles. The van der Waals surface area contributed by atoms with Gasteiger partial charge in [0.15, 0.2) is 5.01 Å². The van der Waals surface area contributed by atoms with E-state index in [4.69, 9.17) is 4.74 Å². The van der Waals surface area contributed by atoms with Gasteiger partial charge < -0.3 is 15.2 Å². The minimum absolute atomic E-state index is 0.123. The smallest absolute Gasteiger partial charge is 0.294 e. The molecule has 1 aromatic carbocycles. The second kappa shape index (κ2) is 6.28. The van der Waals surface area contributed by atoms with Crippen LogP contribution in [0.25, 0.3) is 21.7 Å². The summed E-state index contributed by atoms with van der Waals surface area (Å²) >= 11 is 1.38. The molecule has 3 aliphatic rings. The monoisotopic (exact) mass is 397 g/mol. The van der Waals surface area contributed by atoms with Gasteiger partial charge in [0.25, 0.3) is 5.19 Å². The van der Waals surface area contributed by atoms with Crippen molar-refractivity contribution in [3.05, 3.63) is 30.6 Å². The SMILES string of the molecule is C[C@@]12CC[C@@](C)(CN1)[C@H](Oc1nnc(-c3ccc(-c4cn[nH]c4)cc3O)s1)C2. The second-order valence-corrected chi connectivity index (χ2v) is 9.41. The van der Waals surface area contributed by atoms with Gasteiger partial charge in [0.1, 0.15) is 11.9 Å². The third-order valence-electron chi connectivity index (χ3n) is 6.29. The van der Waals surface area contributed by atoms with Crippen molar-refractivity contribution in [3.8, 4) is 32.6 Å². The molecule has 3 N–H and O–H groups in total. The van der Waals surface area contributed by atoms with Crippen molar-refractivity contribution in [2.45, 2.75) is 44.8 Å². The van der Waals surface area contributed by atoms with E-state index in [9.17, 15) is 5.11 Å². The van der Waals surface area contributed by atoms with Crippen LogP contribution in [0.1, 0.15) is 33.1 Å². The van der Waals surface area contributed by atoms with Gasteiger partial charge in [0.2, 0.25) is 0 Å². The maximum Gasteiger partial charge on any atom is 0.294 e. The summed E-state index contributed by atoms with van der Waals surface area (Å²) in [5, 5.41) is 30.6. The molecule has 3 atom stereocenters. The Morgan fingerprint density at radius 3 is 2.82 bits per heavy atom. The molecule has 146 valence electrons. The van der Waals surface area contributed by atoms with Gasteiger partial charge in [0.05, 0.1) is 11.8 Å². The molecule has 8 heteroatoms. The topological polar surface area (TPSA) is 96.0 Å². The van der Waals surface area contributed by atoms with Crippen LogP contribution in [0.3, 0.4) is 0 Å². The lowest BCUT2D eigenvalue weighted by Gasteiger charge is -2.55. The Hall–Kier alpha value is -2.45. The lowest BCUT2D eigenvalue weighted by atomic mass is 9.63. The lowest BCUT2D eigenvalue weighted by Crippen LogP contribution is -2.65. The molecular weight excluding hydrogens is 374 g/mol. The number of benzene rings is 1. The Bertz CT molecular complexity index is 992. The van der Waals surface area contributed by atoms with Crippen molar-refractivity contribution in [3.63, 3.8) is 0 Å². The summed E-state index contributed by atoms with van der Waals surface area (Å²) in [4.78, 5) is 0. The molecule has 7 nitrogen and oxygen atoms in total. The van der Waals surface area contributed by atoms with Crippen LogP contribution < -0.4 is 10.1 Å². The fraction of sp³-hybridized carbons (Fsp3) is 0.450. The summed E-state index contributed by atoms with van der Waals surface area (Å²) < 4.78 is 6.29. The fourth-order valence-electron chi connectivity index (χ4n) is 4.23. The molecule has 3 fully saturated rings. The molecule has 3 aromatic rings. The minimum Gasteiger partial charge on any atom is -0.507 e. The number of rotatable bonds is 4. The molecule has 4 heterocycles. The van der Waals surface area contributed by atoms with Gasteiger partial charge in [-0.1, -0.05) is 29.4 Å². The average molecular weight is 398 g/mol. The van der Waals surface area contributed by atoms with Gasteiger partial charge in [-0.25, -0.2) is 0 Å². The van der Waals surface area contributed by atoms with Crippen LogP contribution in [-0.2, 0) is 0 Å². The number of aromatic nitrogens is 4. The lowest BCUT2D eigenvalue weighted by molar-refractivity contribution is -0.0579. The van der Waals surface area contributed by atoms with E-state index >= 15 is 0 Å². The zero-order valence-corrected chi connectivity index (χ0v) is 16.7. The maximum atomic E-state index is 10.5. The Kier molecular flexibility index (Phi) is 3.96. The van der Waals surface area contributed by atoms with E-state index in [2.05, 4.69) is 39.6 Å². The zero-order chi connectivity index (χ0) is 19.4. The molecule has 0 radical (unpaired) electrons.